The minimum absolute atomic E-state index is 0.131. The second-order valence-corrected chi connectivity index (χ2v) is 5.79. The van der Waals surface area contributed by atoms with Crippen LogP contribution in [0.4, 0.5) is 5.00 Å². The Labute approximate surface area is 127 Å². The van der Waals surface area contributed by atoms with Gasteiger partial charge in [-0.3, -0.25) is 9.59 Å². The van der Waals surface area contributed by atoms with E-state index < -0.39 is 5.91 Å². The molecule has 2 aromatic rings. The van der Waals surface area contributed by atoms with Crippen molar-refractivity contribution in [3.05, 3.63) is 52.9 Å². The van der Waals surface area contributed by atoms with Crippen LogP contribution in [-0.2, 0) is 11.3 Å². The molecule has 0 fully saturated rings. The predicted octanol–water partition coefficient (Wildman–Crippen LogP) is 0.500. The first kappa shape index (κ1) is 15.2. The van der Waals surface area contributed by atoms with Crippen molar-refractivity contribution in [1.82, 2.24) is 0 Å². The van der Waals surface area contributed by atoms with Crippen molar-refractivity contribution in [3.8, 4) is 0 Å². The van der Waals surface area contributed by atoms with Gasteiger partial charge in [-0.1, -0.05) is 30.3 Å². The third-order valence-electron chi connectivity index (χ3n) is 2.99. The lowest BCUT2D eigenvalue weighted by Crippen LogP contribution is -3.08. The molecule has 0 spiro atoms. The summed E-state index contributed by atoms with van der Waals surface area (Å²) in [5.74, 6) is -0.662. The number of quaternary nitrogens is 1. The molecule has 0 bridgehead atoms. The fourth-order valence-electron chi connectivity index (χ4n) is 2.05. The van der Waals surface area contributed by atoms with E-state index in [1.54, 1.807) is 11.4 Å². The molecule has 110 valence electrons. The Bertz CT molecular complexity index is 625. The molecule has 0 saturated carbocycles. The van der Waals surface area contributed by atoms with Gasteiger partial charge >= 0.3 is 0 Å². The first-order valence-electron chi connectivity index (χ1n) is 6.58. The molecule has 1 aromatic carbocycles. The summed E-state index contributed by atoms with van der Waals surface area (Å²) in [5, 5.41) is 4.99. The van der Waals surface area contributed by atoms with E-state index in [9.17, 15) is 9.59 Å². The first-order chi connectivity index (χ1) is 10.1. The minimum Gasteiger partial charge on any atom is -0.366 e. The molecule has 4 N–H and O–H groups in total. The average molecular weight is 304 g/mol. The van der Waals surface area contributed by atoms with Crippen LogP contribution in [0.1, 0.15) is 15.9 Å². The second-order valence-electron chi connectivity index (χ2n) is 4.87. The van der Waals surface area contributed by atoms with Gasteiger partial charge in [0, 0.05) is 5.56 Å². The highest BCUT2D eigenvalue weighted by Crippen LogP contribution is 2.22. The Kier molecular flexibility index (Phi) is 5.08. The molecule has 6 heteroatoms. The number of hydrogen-bond donors (Lipinski definition) is 3. The van der Waals surface area contributed by atoms with E-state index in [0.29, 0.717) is 17.1 Å². The molecule has 1 aromatic heterocycles. The normalized spacial score (nSPS) is 11.9. The molecule has 0 saturated heterocycles. The van der Waals surface area contributed by atoms with Crippen molar-refractivity contribution in [2.45, 2.75) is 6.54 Å². The molecular formula is C15H18N3O2S+. The van der Waals surface area contributed by atoms with Gasteiger partial charge in [-0.2, -0.15) is 0 Å². The molecule has 1 unspecified atom stereocenters. The van der Waals surface area contributed by atoms with Crippen LogP contribution in [0, 0.1) is 0 Å². The van der Waals surface area contributed by atoms with Gasteiger partial charge in [0.2, 0.25) is 0 Å². The van der Waals surface area contributed by atoms with E-state index in [0.717, 1.165) is 11.4 Å². The van der Waals surface area contributed by atoms with Crippen LogP contribution in [0.15, 0.2) is 41.8 Å². The van der Waals surface area contributed by atoms with E-state index in [2.05, 4.69) is 5.32 Å². The van der Waals surface area contributed by atoms with E-state index in [1.807, 2.05) is 37.4 Å². The Morgan fingerprint density at radius 1 is 1.24 bits per heavy atom. The number of likely N-dealkylation sites (N-methyl/N-ethyl adjacent to an activating group) is 1. The number of hydrogen-bond acceptors (Lipinski definition) is 3. The van der Waals surface area contributed by atoms with Crippen LogP contribution in [0.5, 0.6) is 0 Å². The summed E-state index contributed by atoms with van der Waals surface area (Å²) >= 11 is 1.30. The molecule has 0 aliphatic heterocycles. The van der Waals surface area contributed by atoms with Gasteiger partial charge in [0.15, 0.2) is 6.54 Å². The summed E-state index contributed by atoms with van der Waals surface area (Å²) in [6, 6.07) is 11.6. The highest BCUT2D eigenvalue weighted by Gasteiger charge is 2.15. The number of carbonyl (C=O) groups excluding carboxylic acids is 2. The molecule has 21 heavy (non-hydrogen) atoms. The van der Waals surface area contributed by atoms with Crippen molar-refractivity contribution >= 4 is 28.2 Å². The highest BCUT2D eigenvalue weighted by molar-refractivity contribution is 7.14. The lowest BCUT2D eigenvalue weighted by molar-refractivity contribution is -0.885. The maximum atomic E-state index is 12.0. The monoisotopic (exact) mass is 304 g/mol. The number of thiophene rings is 1. The number of carbonyl (C=O) groups is 2. The summed E-state index contributed by atoms with van der Waals surface area (Å²) in [4.78, 5) is 24.3. The topological polar surface area (TPSA) is 76.6 Å². The Balaban J connectivity index is 1.89. The third-order valence-corrected chi connectivity index (χ3v) is 3.82. The summed E-state index contributed by atoms with van der Waals surface area (Å²) in [6.07, 6.45) is 0. The number of nitrogens with two attached hydrogens (primary N) is 1. The predicted molar refractivity (Wildman–Crippen MR) is 83.4 cm³/mol. The molecular weight excluding hydrogens is 286 g/mol. The number of nitrogens with one attached hydrogen (secondary N) is 2. The summed E-state index contributed by atoms with van der Waals surface area (Å²) in [5.41, 5.74) is 6.78. The lowest BCUT2D eigenvalue weighted by atomic mass is 10.2. The van der Waals surface area contributed by atoms with Gasteiger partial charge in [0.25, 0.3) is 11.8 Å². The summed E-state index contributed by atoms with van der Waals surface area (Å²) in [7, 11) is 1.95. The number of benzene rings is 1. The van der Waals surface area contributed by atoms with Crippen LogP contribution >= 0.6 is 11.3 Å². The Morgan fingerprint density at radius 2 is 1.95 bits per heavy atom. The van der Waals surface area contributed by atoms with Gasteiger partial charge in [0.05, 0.1) is 12.6 Å². The molecule has 1 atom stereocenters. The Morgan fingerprint density at radius 3 is 2.62 bits per heavy atom. The fraction of sp³-hybridized carbons (Fsp3) is 0.200. The smallest absolute Gasteiger partial charge is 0.280 e. The zero-order valence-corrected chi connectivity index (χ0v) is 12.6. The lowest BCUT2D eigenvalue weighted by Gasteiger charge is -2.13. The summed E-state index contributed by atoms with van der Waals surface area (Å²) in [6.45, 7) is 1.09. The highest BCUT2D eigenvalue weighted by atomic mass is 32.1. The number of anilines is 1. The van der Waals surface area contributed by atoms with Crippen molar-refractivity contribution in [2.75, 3.05) is 18.9 Å². The SMILES string of the molecule is C[NH+](CC(=O)Nc1sccc1C(N)=O)Cc1ccccc1. The first-order valence-corrected chi connectivity index (χ1v) is 7.46. The van der Waals surface area contributed by atoms with Gasteiger partial charge in [-0.05, 0) is 11.4 Å². The molecule has 1 heterocycles. The molecule has 0 aliphatic rings. The molecule has 0 aliphatic carbocycles. The number of amides is 2. The maximum Gasteiger partial charge on any atom is 0.280 e. The molecule has 2 amide bonds. The largest absolute Gasteiger partial charge is 0.366 e. The fourth-order valence-corrected chi connectivity index (χ4v) is 2.86. The van der Waals surface area contributed by atoms with E-state index in [-0.39, 0.29) is 5.91 Å². The van der Waals surface area contributed by atoms with Gasteiger partial charge in [-0.15, -0.1) is 11.3 Å². The standard InChI is InChI=1S/C15H17N3O2S/c1-18(9-11-5-3-2-4-6-11)10-13(19)17-15-12(14(16)20)7-8-21-15/h2-8H,9-10H2,1H3,(H2,16,20)(H,17,19)/p+1. The van der Waals surface area contributed by atoms with E-state index in [1.165, 1.54) is 16.9 Å². The average Bonchev–Trinajstić information content (AvgIpc) is 2.87. The number of primary amides is 1. The van der Waals surface area contributed by atoms with Gasteiger partial charge in [0.1, 0.15) is 11.5 Å². The molecule has 0 radical (unpaired) electrons. The quantitative estimate of drug-likeness (QED) is 0.727. The van der Waals surface area contributed by atoms with Crippen LogP contribution in [0.2, 0.25) is 0 Å². The molecule has 5 nitrogen and oxygen atoms in total. The number of rotatable bonds is 6. The zero-order valence-electron chi connectivity index (χ0n) is 11.8. The van der Waals surface area contributed by atoms with Crippen LogP contribution in [-0.4, -0.2) is 25.4 Å². The van der Waals surface area contributed by atoms with Crippen molar-refractivity contribution in [1.29, 1.82) is 0 Å². The van der Waals surface area contributed by atoms with Crippen molar-refractivity contribution in [3.63, 3.8) is 0 Å². The van der Waals surface area contributed by atoms with Gasteiger partial charge < -0.3 is 16.0 Å². The summed E-state index contributed by atoms with van der Waals surface area (Å²) < 4.78 is 0. The Hall–Kier alpha value is -2.18. The third kappa shape index (κ3) is 4.40. The van der Waals surface area contributed by atoms with E-state index >= 15 is 0 Å². The molecule has 2 rings (SSSR count). The van der Waals surface area contributed by atoms with Crippen molar-refractivity contribution < 1.29 is 14.5 Å². The van der Waals surface area contributed by atoms with Crippen LogP contribution < -0.4 is 16.0 Å². The van der Waals surface area contributed by atoms with Gasteiger partial charge in [-0.25, -0.2) is 0 Å². The van der Waals surface area contributed by atoms with Crippen LogP contribution in [0.25, 0.3) is 0 Å². The second kappa shape index (κ2) is 7.01. The van der Waals surface area contributed by atoms with Crippen molar-refractivity contribution in [2.24, 2.45) is 5.73 Å². The van der Waals surface area contributed by atoms with E-state index in [4.69, 9.17) is 5.73 Å². The minimum atomic E-state index is -0.531. The maximum absolute atomic E-state index is 12.0. The zero-order chi connectivity index (χ0) is 15.2. The van der Waals surface area contributed by atoms with Crippen LogP contribution in [0.3, 0.4) is 0 Å².